The second-order valence-electron chi connectivity index (χ2n) is 27.0. The topological polar surface area (TPSA) is 325 Å². The molecule has 10 aromatic rings. The van der Waals surface area contributed by atoms with Crippen LogP contribution in [-0.2, 0) is 60.7 Å². The first-order chi connectivity index (χ1) is 55.2. The summed E-state index contributed by atoms with van der Waals surface area (Å²) in [4.78, 5) is 0. The highest BCUT2D eigenvalue weighted by atomic mass is 32.2. The number of hydrogen-bond donors (Lipinski definition) is 0. The van der Waals surface area contributed by atoms with Crippen LogP contribution in [-0.4, -0.2) is 136 Å². The molecule has 0 bridgehead atoms. The maximum Gasteiger partial charge on any atom is 0.306 e. The van der Waals surface area contributed by atoms with Crippen molar-refractivity contribution in [3.8, 4) is 142 Å². The van der Waals surface area contributed by atoms with Crippen LogP contribution in [0.1, 0.15) is 49.8 Å². The van der Waals surface area contributed by atoms with E-state index in [-0.39, 0.29) is 98.4 Å². The molecule has 0 spiro atoms. The molecule has 0 saturated heterocycles. The van der Waals surface area contributed by atoms with Gasteiger partial charge in [0, 0.05) is 11.1 Å². The van der Waals surface area contributed by atoms with Gasteiger partial charge in [0.15, 0.2) is 57.5 Å². The summed E-state index contributed by atoms with van der Waals surface area (Å²) in [6.45, 7) is 8.39. The van der Waals surface area contributed by atoms with Gasteiger partial charge in [0.05, 0.1) is 77.1 Å². The lowest BCUT2D eigenvalue weighted by molar-refractivity contribution is 0.224. The number of rotatable bonds is 31. The molecule has 10 aromatic carbocycles. The van der Waals surface area contributed by atoms with Crippen LogP contribution in [0.2, 0.25) is 0 Å². The van der Waals surface area contributed by atoms with Crippen LogP contribution in [0.25, 0.3) is 72.8 Å². The minimum atomic E-state index is -4.16. The molecule has 0 aliphatic heterocycles. The fourth-order valence-electron chi connectivity index (χ4n) is 11.9. The zero-order chi connectivity index (χ0) is 85.2. The van der Waals surface area contributed by atoms with Crippen LogP contribution in [0.3, 0.4) is 0 Å². The normalized spacial score (nSPS) is 12.9. The Hall–Kier alpha value is -11.5. The summed E-state index contributed by atoms with van der Waals surface area (Å²) in [5.74, 6) is 0.871. The summed E-state index contributed by atoms with van der Waals surface area (Å²) >= 11 is 0. The van der Waals surface area contributed by atoms with Crippen molar-refractivity contribution in [3.05, 3.63) is 241 Å². The quantitative estimate of drug-likeness (QED) is 0.0288. The second kappa shape index (κ2) is 39.0. The first-order valence-corrected chi connectivity index (χ1v) is 46.7. The van der Waals surface area contributed by atoms with E-state index < -0.39 is 60.7 Å². The summed E-state index contributed by atoms with van der Waals surface area (Å²) in [7, 11) is -18.1. The van der Waals surface area contributed by atoms with E-state index in [4.69, 9.17) is 58.3 Å². The zero-order valence-electron chi connectivity index (χ0n) is 66.6. The van der Waals surface area contributed by atoms with Crippen LogP contribution in [0.4, 0.5) is 0 Å². The molecule has 1 aliphatic carbocycles. The third-order valence-corrected chi connectivity index (χ3v) is 19.8. The minimum Gasteiger partial charge on any atom is -0.496 e. The highest BCUT2D eigenvalue weighted by molar-refractivity contribution is 7.87. The van der Waals surface area contributed by atoms with Crippen LogP contribution in [0, 0.1) is 13.8 Å². The van der Waals surface area contributed by atoms with Gasteiger partial charge in [-0.1, -0.05) is 162 Å². The first kappa shape index (κ1) is 89.5. The van der Waals surface area contributed by atoms with E-state index in [9.17, 15) is 50.5 Å². The lowest BCUT2D eigenvalue weighted by Crippen LogP contribution is -2.17. The van der Waals surface area contributed by atoms with E-state index in [1.54, 1.807) is 48.5 Å². The number of allylic oxidation sites excluding steroid dienone is 2. The molecule has 1 unspecified atom stereocenters. The Bertz CT molecular complexity index is 6010. The van der Waals surface area contributed by atoms with Crippen molar-refractivity contribution in [1.82, 2.24) is 0 Å². The predicted molar refractivity (Wildman–Crippen MR) is 454 cm³/mol. The summed E-state index contributed by atoms with van der Waals surface area (Å²) in [6.07, 6.45) is 17.4. The highest BCUT2D eigenvalue weighted by Crippen LogP contribution is 2.54. The van der Waals surface area contributed by atoms with E-state index in [2.05, 4.69) is 43.3 Å². The van der Waals surface area contributed by atoms with Gasteiger partial charge < -0.3 is 58.3 Å². The molecule has 117 heavy (non-hydrogen) atoms. The lowest BCUT2D eigenvalue weighted by Gasteiger charge is -2.22. The van der Waals surface area contributed by atoms with E-state index in [1.807, 2.05) is 118 Å². The molecule has 25 nitrogen and oxygen atoms in total. The van der Waals surface area contributed by atoms with Crippen LogP contribution >= 0.6 is 0 Å². The number of ether oxygens (including phenoxy) is 7. The molecule has 620 valence electrons. The summed E-state index contributed by atoms with van der Waals surface area (Å²) in [5.41, 5.74) is 11.4. The number of benzene rings is 10. The van der Waals surface area contributed by atoms with Gasteiger partial charge in [-0.15, -0.1) is 0 Å². The van der Waals surface area contributed by atoms with Crippen molar-refractivity contribution < 1.29 is 109 Å². The minimum absolute atomic E-state index is 0.0139. The lowest BCUT2D eigenvalue weighted by atomic mass is 9.96. The maximum atomic E-state index is 12.5. The molecule has 0 N–H and O–H groups in total. The molecule has 1 atom stereocenters. The Morgan fingerprint density at radius 1 is 0.368 bits per heavy atom. The summed E-state index contributed by atoms with van der Waals surface area (Å²) in [6, 6.07) is 57.1. The fourth-order valence-corrected chi connectivity index (χ4v) is 14.6. The third kappa shape index (κ3) is 26.8. The number of hydrogen-bond acceptors (Lipinski definition) is 25. The summed E-state index contributed by atoms with van der Waals surface area (Å²) in [5, 5.41) is 0. The Kier molecular flexibility index (Phi) is 29.8. The van der Waals surface area contributed by atoms with Crippen molar-refractivity contribution in [3.63, 3.8) is 0 Å². The van der Waals surface area contributed by atoms with Crippen LogP contribution < -0.4 is 58.3 Å². The largest absolute Gasteiger partial charge is 0.496 e. The molecule has 0 saturated carbocycles. The second-order valence-corrected chi connectivity index (χ2v) is 36.5. The molecule has 0 fully saturated rings. The molecule has 31 heteroatoms. The molecule has 0 radical (unpaired) electrons. The molecule has 0 aromatic heterocycles. The fraction of sp³-hybridized carbons (Fsp3) is 0.233. The number of aryl methyl sites for hydroxylation is 2. The maximum absolute atomic E-state index is 12.5. The van der Waals surface area contributed by atoms with Gasteiger partial charge in [0.25, 0.3) is 0 Å². The van der Waals surface area contributed by atoms with E-state index in [0.717, 1.165) is 101 Å². The molecule has 0 heterocycles. The van der Waals surface area contributed by atoms with Crippen LogP contribution in [0.5, 0.6) is 74.7 Å². The Morgan fingerprint density at radius 3 is 1.15 bits per heavy atom. The molecular formula is C86H90O25S6. The van der Waals surface area contributed by atoms with Crippen molar-refractivity contribution in [2.24, 2.45) is 0 Å². The SMILES string of the molecule is CC(C)=CCOc1ccc(-c2ccc(-c3ccc(C)cc3)cc2)cc1OS(C)(=O)=O.COc1cc(-c2ccc(C)cc2)c(OC)c(OS(C)(=O)=O)c1-c1ccc(OC2C=CCCC2)c(OS(C)(=O)=O)c1.COc1cc(-c2ccc(OS(C)(=O)=O)cc2)c(OC)c(OS(C)(=O)=O)c1-c1ccc(OC/C=C/c2ccccc2)c(OS(C)(=O)=O)c1. The van der Waals surface area contributed by atoms with Gasteiger partial charge in [-0.2, -0.15) is 50.5 Å². The van der Waals surface area contributed by atoms with Gasteiger partial charge in [-0.05, 0) is 176 Å². The zero-order valence-corrected chi connectivity index (χ0v) is 71.5. The predicted octanol–water partition coefficient (Wildman–Crippen LogP) is 16.7. The third-order valence-electron chi connectivity index (χ3n) is 16.9. The van der Waals surface area contributed by atoms with Crippen molar-refractivity contribution in [2.75, 3.05) is 79.2 Å². The van der Waals surface area contributed by atoms with Crippen molar-refractivity contribution in [2.45, 2.75) is 53.1 Å². The van der Waals surface area contributed by atoms with Crippen LogP contribution in [0.15, 0.2) is 224 Å². The Morgan fingerprint density at radius 2 is 0.744 bits per heavy atom. The van der Waals surface area contributed by atoms with Crippen molar-refractivity contribution in [1.29, 1.82) is 0 Å². The summed E-state index contributed by atoms with van der Waals surface area (Å²) < 4.78 is 217. The molecular weight excluding hydrogens is 1630 g/mol. The van der Waals surface area contributed by atoms with Gasteiger partial charge >= 0.3 is 60.7 Å². The van der Waals surface area contributed by atoms with Gasteiger partial charge in [0.1, 0.15) is 36.6 Å². The Balaban J connectivity index is 0.000000205. The molecule has 11 rings (SSSR count). The average molecular weight is 1720 g/mol. The van der Waals surface area contributed by atoms with E-state index in [1.165, 1.54) is 76.5 Å². The number of methoxy groups -OCH3 is 4. The molecule has 0 amide bonds. The standard InChI is InChI=1S/C32H32O12S3.C29H32O9S2.C25H26O4S/c1-39-29-21-26(23-13-16-25(17-14-23)42-45(3,33)34)31(40-2)32(44-47(5,37)38)30(29)24-15-18-27(28(20-24)43-46(4,35)36)41-19-9-12-22-10-7-6-8-11-22;1-19-11-13-20(14-12-19)23-18-26(34-2)27(29(28(23)35-3)38-40(5,32)33)21-15-16-24(25(17-21)37-39(4,30)31)36-22-9-7-6-8-10-22;1-18(2)15-16-28-24-14-13-23(17-25(24)29-30(4,26)27)22-11-9-21(10-12-22)20-7-5-19(3)6-8-20/h6-18,20-21H,19H2,1-5H3;7,9,11-18,22H,6,8,10H2,1-5H3;5-15,17H,16H2,1-4H3/b12-9+;;. The van der Waals surface area contributed by atoms with Gasteiger partial charge in [0.2, 0.25) is 0 Å². The first-order valence-electron chi connectivity index (χ1n) is 35.8. The van der Waals surface area contributed by atoms with E-state index >= 15 is 0 Å². The monoisotopic (exact) mass is 1710 g/mol. The molecule has 1 aliphatic rings. The highest BCUT2D eigenvalue weighted by Gasteiger charge is 2.31. The van der Waals surface area contributed by atoms with Crippen molar-refractivity contribution >= 4 is 66.8 Å². The smallest absolute Gasteiger partial charge is 0.306 e. The van der Waals surface area contributed by atoms with Gasteiger partial charge in [-0.25, -0.2) is 0 Å². The van der Waals surface area contributed by atoms with Gasteiger partial charge in [-0.3, -0.25) is 0 Å². The Labute approximate surface area is 685 Å². The average Bonchev–Trinajstić information content (AvgIpc) is 0.760. The van der Waals surface area contributed by atoms with E-state index in [0.29, 0.717) is 34.6 Å².